The van der Waals surface area contributed by atoms with Crippen molar-refractivity contribution in [2.24, 2.45) is 0 Å². The van der Waals surface area contributed by atoms with Crippen LogP contribution in [0.4, 0.5) is 0 Å². The van der Waals surface area contributed by atoms with Crippen LogP contribution in [0.25, 0.3) is 0 Å². The van der Waals surface area contributed by atoms with E-state index < -0.39 is 5.97 Å². The predicted molar refractivity (Wildman–Crippen MR) is 55.2 cm³/mol. The molecule has 0 N–H and O–H groups in total. The van der Waals surface area contributed by atoms with Crippen molar-refractivity contribution in [3.05, 3.63) is 28.0 Å². The molecule has 0 radical (unpaired) electrons. The van der Waals surface area contributed by atoms with Gasteiger partial charge in [0.05, 0.1) is 5.02 Å². The van der Waals surface area contributed by atoms with E-state index in [9.17, 15) is 9.59 Å². The van der Waals surface area contributed by atoms with E-state index in [2.05, 4.69) is 9.72 Å². The van der Waals surface area contributed by atoms with Gasteiger partial charge in [-0.05, 0) is 6.07 Å². The highest BCUT2D eigenvalue weighted by atomic mass is 35.5. The summed E-state index contributed by atoms with van der Waals surface area (Å²) in [4.78, 5) is 25.6. The van der Waals surface area contributed by atoms with Gasteiger partial charge in [0, 0.05) is 18.7 Å². The molecule has 1 heterocycles. The van der Waals surface area contributed by atoms with Crippen LogP contribution in [0.1, 0.15) is 17.3 Å². The Morgan fingerprint density at radius 2 is 2.13 bits per heavy atom. The highest BCUT2D eigenvalue weighted by Gasteiger charge is 2.10. The third-order valence-electron chi connectivity index (χ3n) is 1.52. The number of carbonyl (C=O) groups excluding carboxylic acids is 2. The van der Waals surface area contributed by atoms with Crippen LogP contribution in [-0.2, 0) is 9.53 Å². The van der Waals surface area contributed by atoms with Crippen molar-refractivity contribution in [3.63, 3.8) is 0 Å². The average Bonchev–Trinajstić information content (AvgIpc) is 2.18. The average molecular weight is 248 g/mol. The maximum Gasteiger partial charge on any atom is 0.303 e. The van der Waals surface area contributed by atoms with E-state index in [-0.39, 0.29) is 28.1 Å². The molecule has 0 aliphatic heterocycles. The lowest BCUT2D eigenvalue weighted by Gasteiger charge is -2.02. The molecule has 1 aromatic heterocycles. The third kappa shape index (κ3) is 3.49. The summed E-state index contributed by atoms with van der Waals surface area (Å²) in [5, 5.41) is 0.311. The number of esters is 1. The van der Waals surface area contributed by atoms with Crippen molar-refractivity contribution in [1.29, 1.82) is 0 Å². The van der Waals surface area contributed by atoms with E-state index >= 15 is 0 Å². The number of carbonyl (C=O) groups is 2. The van der Waals surface area contributed by atoms with Gasteiger partial charge in [-0.3, -0.25) is 9.59 Å². The molecule has 0 amide bonds. The molecule has 0 aliphatic carbocycles. The monoisotopic (exact) mass is 247 g/mol. The van der Waals surface area contributed by atoms with Crippen molar-refractivity contribution in [2.45, 2.75) is 6.92 Å². The number of aromatic nitrogens is 1. The van der Waals surface area contributed by atoms with Crippen LogP contribution in [0.2, 0.25) is 10.2 Å². The summed E-state index contributed by atoms with van der Waals surface area (Å²) in [6.07, 6.45) is 1.28. The summed E-state index contributed by atoms with van der Waals surface area (Å²) in [5.74, 6) is -0.896. The topological polar surface area (TPSA) is 56.3 Å². The van der Waals surface area contributed by atoms with Crippen LogP contribution < -0.4 is 0 Å². The van der Waals surface area contributed by atoms with E-state index in [1.54, 1.807) is 0 Å². The van der Waals surface area contributed by atoms with Gasteiger partial charge in [-0.15, -0.1) is 0 Å². The smallest absolute Gasteiger partial charge is 0.303 e. The molecule has 1 rings (SSSR count). The normalized spacial score (nSPS) is 9.80. The fraction of sp³-hybridized carbons (Fsp3) is 0.222. The SMILES string of the molecule is CC(=O)OCC(=O)c1cnc(Cl)c(Cl)c1. The summed E-state index contributed by atoms with van der Waals surface area (Å²) in [6.45, 7) is 0.898. The Morgan fingerprint density at radius 3 is 2.67 bits per heavy atom. The first-order chi connectivity index (χ1) is 7.00. The maximum atomic E-state index is 11.4. The molecule has 80 valence electrons. The van der Waals surface area contributed by atoms with Gasteiger partial charge in [-0.1, -0.05) is 23.2 Å². The largest absolute Gasteiger partial charge is 0.457 e. The summed E-state index contributed by atoms with van der Waals surface area (Å²) in [7, 11) is 0. The van der Waals surface area contributed by atoms with Gasteiger partial charge < -0.3 is 4.74 Å². The van der Waals surface area contributed by atoms with E-state index in [4.69, 9.17) is 23.2 Å². The fourth-order valence-electron chi connectivity index (χ4n) is 0.824. The fourth-order valence-corrected chi connectivity index (χ4v) is 1.09. The molecule has 15 heavy (non-hydrogen) atoms. The molecule has 0 bridgehead atoms. The van der Waals surface area contributed by atoms with Crippen molar-refractivity contribution in [1.82, 2.24) is 4.98 Å². The van der Waals surface area contributed by atoms with Crippen molar-refractivity contribution < 1.29 is 14.3 Å². The number of ether oxygens (including phenoxy) is 1. The number of ketones is 1. The maximum absolute atomic E-state index is 11.4. The van der Waals surface area contributed by atoms with Crippen LogP contribution in [0.3, 0.4) is 0 Å². The second kappa shape index (κ2) is 5.09. The number of halogens is 2. The summed E-state index contributed by atoms with van der Waals surface area (Å²) >= 11 is 11.2. The minimum Gasteiger partial charge on any atom is -0.457 e. The van der Waals surface area contributed by atoms with Gasteiger partial charge in [0.15, 0.2) is 6.61 Å². The number of Topliss-reactive ketones (excluding diaryl/α,β-unsaturated/α-hetero) is 1. The van der Waals surface area contributed by atoms with Gasteiger partial charge in [0.25, 0.3) is 0 Å². The van der Waals surface area contributed by atoms with Crippen LogP contribution in [0.15, 0.2) is 12.3 Å². The quantitative estimate of drug-likeness (QED) is 0.467. The molecule has 4 nitrogen and oxygen atoms in total. The molecule has 0 saturated heterocycles. The highest BCUT2D eigenvalue weighted by molar-refractivity contribution is 6.41. The van der Waals surface area contributed by atoms with Crippen LogP contribution >= 0.6 is 23.2 Å². The zero-order chi connectivity index (χ0) is 11.4. The van der Waals surface area contributed by atoms with Crippen molar-refractivity contribution in [2.75, 3.05) is 6.61 Å². The lowest BCUT2D eigenvalue weighted by atomic mass is 10.2. The molecule has 0 aliphatic rings. The van der Waals surface area contributed by atoms with E-state index in [1.807, 2.05) is 0 Å². The first-order valence-corrected chi connectivity index (χ1v) is 4.74. The molecule has 0 atom stereocenters. The Kier molecular flexibility index (Phi) is 4.05. The molecular weight excluding hydrogens is 241 g/mol. The Hall–Kier alpha value is -1.13. The van der Waals surface area contributed by atoms with Crippen molar-refractivity contribution >= 4 is 35.0 Å². The third-order valence-corrected chi connectivity index (χ3v) is 2.21. The van der Waals surface area contributed by atoms with Gasteiger partial charge in [-0.2, -0.15) is 0 Å². The minimum atomic E-state index is -0.517. The van der Waals surface area contributed by atoms with Crippen molar-refractivity contribution in [3.8, 4) is 0 Å². The summed E-state index contributed by atoms with van der Waals surface area (Å²) in [5.41, 5.74) is 0.255. The molecule has 1 aromatic rings. The number of rotatable bonds is 3. The first-order valence-electron chi connectivity index (χ1n) is 3.98. The molecule has 0 aromatic carbocycles. The molecule has 6 heteroatoms. The Balaban J connectivity index is 2.74. The van der Waals surface area contributed by atoms with Crippen LogP contribution in [-0.4, -0.2) is 23.3 Å². The second-order valence-electron chi connectivity index (χ2n) is 2.70. The Labute approximate surface area is 96.2 Å². The van der Waals surface area contributed by atoms with Gasteiger partial charge in [0.1, 0.15) is 5.15 Å². The van der Waals surface area contributed by atoms with Crippen LogP contribution in [0.5, 0.6) is 0 Å². The number of hydrogen-bond acceptors (Lipinski definition) is 4. The van der Waals surface area contributed by atoms with E-state index in [1.165, 1.54) is 19.2 Å². The van der Waals surface area contributed by atoms with E-state index in [0.29, 0.717) is 0 Å². The number of hydrogen-bond donors (Lipinski definition) is 0. The predicted octanol–water partition coefficient (Wildman–Crippen LogP) is 2.13. The standard InChI is InChI=1S/C9H7Cl2NO3/c1-5(13)15-4-8(14)6-2-7(10)9(11)12-3-6/h2-3H,4H2,1H3. The zero-order valence-electron chi connectivity index (χ0n) is 7.79. The molecule has 0 unspecified atom stereocenters. The Morgan fingerprint density at radius 1 is 1.47 bits per heavy atom. The number of pyridine rings is 1. The molecule has 0 saturated carbocycles. The van der Waals surface area contributed by atoms with E-state index in [0.717, 1.165) is 0 Å². The highest BCUT2D eigenvalue weighted by Crippen LogP contribution is 2.19. The zero-order valence-corrected chi connectivity index (χ0v) is 9.30. The van der Waals surface area contributed by atoms with Gasteiger partial charge in [-0.25, -0.2) is 4.98 Å². The Bertz CT molecular complexity index is 406. The molecule has 0 fully saturated rings. The minimum absolute atomic E-state index is 0.126. The lowest BCUT2D eigenvalue weighted by Crippen LogP contribution is -2.12. The number of nitrogens with zero attached hydrogens (tertiary/aromatic N) is 1. The van der Waals surface area contributed by atoms with Crippen LogP contribution in [0, 0.1) is 0 Å². The van der Waals surface area contributed by atoms with Gasteiger partial charge >= 0.3 is 5.97 Å². The first kappa shape index (κ1) is 11.9. The molecular formula is C9H7Cl2NO3. The lowest BCUT2D eigenvalue weighted by molar-refractivity contribution is -0.139. The summed E-state index contributed by atoms with van der Waals surface area (Å²) < 4.78 is 4.54. The summed E-state index contributed by atoms with van der Waals surface area (Å²) in [6, 6.07) is 1.38. The molecule has 0 spiro atoms. The second-order valence-corrected chi connectivity index (χ2v) is 3.47. The van der Waals surface area contributed by atoms with Gasteiger partial charge in [0.2, 0.25) is 5.78 Å².